The minimum atomic E-state index is -0.0217. The average molecular weight is 836 g/mol. The van der Waals surface area contributed by atoms with Crippen LogP contribution in [0.2, 0.25) is 0 Å². The van der Waals surface area contributed by atoms with Crippen LogP contribution in [0.3, 0.4) is 0 Å². The Labute approximate surface area is 375 Å². The number of hydrogen-bond donors (Lipinski definition) is 0. The molecule has 6 heteroatoms. The third-order valence-electron chi connectivity index (χ3n) is 13.1. The molecule has 0 saturated heterocycles. The Kier molecular flexibility index (Phi) is 9.04. The van der Waals surface area contributed by atoms with E-state index in [0.717, 1.165) is 67.2 Å². The van der Waals surface area contributed by atoms with Crippen LogP contribution >= 0.6 is 0 Å². The lowest BCUT2D eigenvalue weighted by Crippen LogP contribution is -2.26. The second kappa shape index (κ2) is 14.6. The monoisotopic (exact) mass is 835 g/mol. The van der Waals surface area contributed by atoms with Crippen LogP contribution in [-0.2, 0) is 10.8 Å². The largest absolute Gasteiger partial charge is 0.457 e. The molecular formula is C58H53N5O. The normalized spacial score (nSPS) is 13.2. The summed E-state index contributed by atoms with van der Waals surface area (Å²) >= 11 is 0. The number of nitrogens with zero attached hydrogens (tertiary/aromatic N) is 5. The number of aromatic nitrogens is 3. The van der Waals surface area contributed by atoms with Crippen molar-refractivity contribution >= 4 is 66.4 Å². The summed E-state index contributed by atoms with van der Waals surface area (Å²) in [7, 11) is 0. The number of anilines is 4. The molecule has 6 nitrogen and oxygen atoms in total. The zero-order valence-electron chi connectivity index (χ0n) is 37.9. The number of hydrogen-bond acceptors (Lipinski definition) is 4. The number of fused-ring (bicyclic) bond motifs is 7. The first-order chi connectivity index (χ1) is 30.8. The molecule has 0 spiro atoms. The van der Waals surface area contributed by atoms with Crippen LogP contribution in [0.25, 0.3) is 55.1 Å². The van der Waals surface area contributed by atoms with E-state index in [-0.39, 0.29) is 10.8 Å². The summed E-state index contributed by atoms with van der Waals surface area (Å²) in [5.41, 5.74) is 15.4. The van der Waals surface area contributed by atoms with Crippen molar-refractivity contribution in [2.75, 3.05) is 16.5 Å². The van der Waals surface area contributed by atoms with Crippen LogP contribution in [0, 0.1) is 13.8 Å². The van der Waals surface area contributed by atoms with E-state index in [2.05, 4.69) is 232 Å². The first-order valence-corrected chi connectivity index (χ1v) is 22.4. The molecule has 0 aliphatic carbocycles. The fraction of sp³-hybridized carbons (Fsp3) is 0.190. The van der Waals surface area contributed by atoms with Gasteiger partial charge < -0.3 is 19.1 Å². The molecule has 3 aromatic heterocycles. The van der Waals surface area contributed by atoms with E-state index in [1.54, 1.807) is 0 Å². The van der Waals surface area contributed by atoms with Crippen LogP contribution in [-0.4, -0.2) is 20.8 Å². The topological polar surface area (TPSA) is 38.5 Å². The third kappa shape index (κ3) is 6.42. The van der Waals surface area contributed by atoms with Gasteiger partial charge in [0.25, 0.3) is 0 Å². The molecular weight excluding hydrogens is 783 g/mol. The summed E-state index contributed by atoms with van der Waals surface area (Å²) in [6.45, 7) is 18.8. The quantitative estimate of drug-likeness (QED) is 0.167. The summed E-state index contributed by atoms with van der Waals surface area (Å²) in [6, 6.07) is 57.0. The van der Waals surface area contributed by atoms with E-state index >= 15 is 0 Å². The van der Waals surface area contributed by atoms with E-state index < -0.39 is 0 Å². The lowest BCUT2D eigenvalue weighted by atomic mass is 9.84. The molecule has 7 aromatic carbocycles. The second-order valence-electron chi connectivity index (χ2n) is 19.5. The van der Waals surface area contributed by atoms with Crippen molar-refractivity contribution in [3.8, 4) is 23.0 Å². The van der Waals surface area contributed by atoms with Crippen molar-refractivity contribution in [2.45, 2.75) is 66.2 Å². The number of pyridine rings is 1. The summed E-state index contributed by atoms with van der Waals surface area (Å²) in [4.78, 5) is 9.92. The number of ether oxygens (including phenoxy) is 1. The van der Waals surface area contributed by atoms with Crippen LogP contribution in [0.15, 0.2) is 164 Å². The van der Waals surface area contributed by atoms with Gasteiger partial charge in [-0.3, -0.25) is 4.57 Å². The van der Waals surface area contributed by atoms with Gasteiger partial charge in [-0.25, -0.2) is 4.98 Å². The lowest BCUT2D eigenvalue weighted by molar-refractivity contribution is 0.484. The fourth-order valence-electron chi connectivity index (χ4n) is 9.99. The molecule has 0 saturated carbocycles. The van der Waals surface area contributed by atoms with Crippen molar-refractivity contribution in [3.63, 3.8) is 0 Å². The highest BCUT2D eigenvalue weighted by Crippen LogP contribution is 2.51. The van der Waals surface area contributed by atoms with Crippen LogP contribution in [0.5, 0.6) is 11.5 Å². The third-order valence-corrected chi connectivity index (χ3v) is 13.1. The Hall–Kier alpha value is -7.31. The number of rotatable bonds is 6. The maximum absolute atomic E-state index is 7.12. The van der Waals surface area contributed by atoms with Gasteiger partial charge in [-0.1, -0.05) is 120 Å². The molecule has 316 valence electrons. The van der Waals surface area contributed by atoms with E-state index in [0.29, 0.717) is 6.67 Å². The SMILES string of the molecule is Cc1cc(C(C)(C)C)cc(C)c1N1CN(c2cc(Oc3ccc4c5ccccc5n(-c5cc(C(C)(C)C)ccn5)c4c3)cc3c4ccccc4n(-c4ccccc4)c23)c2ccccc21. The van der Waals surface area contributed by atoms with Gasteiger partial charge in [0.2, 0.25) is 0 Å². The van der Waals surface area contributed by atoms with Gasteiger partial charge in [-0.15, -0.1) is 0 Å². The smallest absolute Gasteiger partial charge is 0.137 e. The Bertz CT molecular complexity index is 3430. The maximum Gasteiger partial charge on any atom is 0.137 e. The Morgan fingerprint density at radius 3 is 1.75 bits per heavy atom. The van der Waals surface area contributed by atoms with Gasteiger partial charge in [0.1, 0.15) is 24.0 Å². The molecule has 4 heterocycles. The van der Waals surface area contributed by atoms with E-state index in [4.69, 9.17) is 9.72 Å². The lowest BCUT2D eigenvalue weighted by Gasteiger charge is -2.28. The molecule has 0 bridgehead atoms. The van der Waals surface area contributed by atoms with Gasteiger partial charge in [0.05, 0.1) is 39.1 Å². The highest BCUT2D eigenvalue weighted by atomic mass is 16.5. The van der Waals surface area contributed by atoms with E-state index in [1.165, 1.54) is 44.4 Å². The average Bonchev–Trinajstić information content (AvgIpc) is 3.94. The van der Waals surface area contributed by atoms with Gasteiger partial charge in [0.15, 0.2) is 0 Å². The van der Waals surface area contributed by atoms with Crippen LogP contribution < -0.4 is 14.5 Å². The Morgan fingerprint density at radius 2 is 1.06 bits per heavy atom. The predicted molar refractivity (Wildman–Crippen MR) is 268 cm³/mol. The van der Waals surface area contributed by atoms with Crippen LogP contribution in [0.1, 0.15) is 63.8 Å². The molecule has 0 radical (unpaired) electrons. The van der Waals surface area contributed by atoms with E-state index in [1.807, 2.05) is 6.20 Å². The predicted octanol–water partition coefficient (Wildman–Crippen LogP) is 15.5. The molecule has 1 aliphatic rings. The first kappa shape index (κ1) is 39.5. The van der Waals surface area contributed by atoms with Crippen molar-refractivity contribution in [2.24, 2.45) is 0 Å². The van der Waals surface area contributed by atoms with Crippen LogP contribution in [0.4, 0.5) is 22.7 Å². The van der Waals surface area contributed by atoms with E-state index in [9.17, 15) is 0 Å². The van der Waals surface area contributed by atoms with Gasteiger partial charge >= 0.3 is 0 Å². The number of benzene rings is 7. The minimum Gasteiger partial charge on any atom is -0.457 e. The Balaban J connectivity index is 1.11. The van der Waals surface area contributed by atoms with Gasteiger partial charge in [0, 0.05) is 51.2 Å². The number of para-hydroxylation sites is 5. The zero-order chi connectivity index (χ0) is 44.1. The molecule has 0 N–H and O–H groups in total. The minimum absolute atomic E-state index is 0.0217. The van der Waals surface area contributed by atoms with Gasteiger partial charge in [-0.2, -0.15) is 0 Å². The zero-order valence-corrected chi connectivity index (χ0v) is 37.9. The summed E-state index contributed by atoms with van der Waals surface area (Å²) in [5.74, 6) is 2.42. The molecule has 0 atom stereocenters. The fourth-order valence-corrected chi connectivity index (χ4v) is 9.99. The highest BCUT2D eigenvalue weighted by Gasteiger charge is 2.33. The molecule has 64 heavy (non-hydrogen) atoms. The number of aryl methyl sites for hydroxylation is 2. The van der Waals surface area contributed by atoms with Crippen molar-refractivity contribution in [3.05, 3.63) is 186 Å². The Morgan fingerprint density at radius 1 is 0.469 bits per heavy atom. The molecule has 0 amide bonds. The molecule has 1 aliphatic heterocycles. The molecule has 0 unspecified atom stereocenters. The second-order valence-corrected chi connectivity index (χ2v) is 19.5. The highest BCUT2D eigenvalue weighted by molar-refractivity contribution is 6.15. The van der Waals surface area contributed by atoms with Gasteiger partial charge in [-0.05, 0) is 114 Å². The maximum atomic E-state index is 7.12. The summed E-state index contributed by atoms with van der Waals surface area (Å²) < 4.78 is 11.8. The van der Waals surface area contributed by atoms with Crippen molar-refractivity contribution in [1.29, 1.82) is 0 Å². The molecule has 10 aromatic rings. The van der Waals surface area contributed by atoms with Crippen molar-refractivity contribution in [1.82, 2.24) is 14.1 Å². The standard InChI is InChI=1S/C58H53N5O/c1-37-30-40(58(6,7)8)31-38(2)55(37)61-36-60(50-24-16-17-25-51(50)61)53-35-43(33-47-45-21-13-14-22-48(45)62(56(47)53)41-18-10-9-11-19-41)64-42-26-27-46-44-20-12-15-23-49(44)63(52(46)34-42)54-32-39(28-29-59-54)57(3,4)5/h9-35H,36H2,1-8H3. The molecule has 0 fully saturated rings. The molecule has 11 rings (SSSR count). The summed E-state index contributed by atoms with van der Waals surface area (Å²) in [5, 5.41) is 4.63. The van der Waals surface area contributed by atoms with Crippen molar-refractivity contribution < 1.29 is 4.74 Å². The first-order valence-electron chi connectivity index (χ1n) is 22.4. The summed E-state index contributed by atoms with van der Waals surface area (Å²) in [6.07, 6.45) is 1.93.